The number of methoxy groups -OCH3 is 1. The molecule has 98 valence electrons. The van der Waals surface area contributed by atoms with Gasteiger partial charge in [-0.15, -0.1) is 11.8 Å². The largest absolute Gasteiger partial charge is 0.465 e. The fourth-order valence-corrected chi connectivity index (χ4v) is 2.67. The third-order valence-electron chi connectivity index (χ3n) is 2.44. The molecule has 0 aliphatic rings. The summed E-state index contributed by atoms with van der Waals surface area (Å²) >= 11 is 1.55. The van der Waals surface area contributed by atoms with E-state index in [1.54, 1.807) is 30.8 Å². The van der Waals surface area contributed by atoms with E-state index >= 15 is 0 Å². The minimum absolute atomic E-state index is 0.326. The maximum absolute atomic E-state index is 11.8. The summed E-state index contributed by atoms with van der Waals surface area (Å²) in [5, 5.41) is 0.326. The molecule has 0 spiro atoms. The van der Waals surface area contributed by atoms with Gasteiger partial charge in [0, 0.05) is 15.7 Å². The minimum Gasteiger partial charge on any atom is -0.465 e. The summed E-state index contributed by atoms with van der Waals surface area (Å²) < 4.78 is 4.77. The first kappa shape index (κ1) is 14.6. The van der Waals surface area contributed by atoms with Gasteiger partial charge < -0.3 is 10.5 Å². The molecular formula is C13H17NO3S. The molecule has 1 aromatic carbocycles. The monoisotopic (exact) mass is 267 g/mol. The van der Waals surface area contributed by atoms with Crippen LogP contribution in [-0.2, 0) is 4.74 Å². The fraction of sp³-hybridized carbons (Fsp3) is 0.385. The summed E-state index contributed by atoms with van der Waals surface area (Å²) in [6.07, 6.45) is 0. The zero-order chi connectivity index (χ0) is 13.9. The van der Waals surface area contributed by atoms with Gasteiger partial charge >= 0.3 is 5.97 Å². The van der Waals surface area contributed by atoms with Crippen molar-refractivity contribution in [3.05, 3.63) is 28.8 Å². The molecule has 0 bridgehead atoms. The topological polar surface area (TPSA) is 69.4 Å². The van der Waals surface area contributed by atoms with E-state index < -0.39 is 11.9 Å². The standard InChI is InChI=1S/C13H17NO3S/c1-7(2)18-10-6-5-9(12(14)15)8(3)11(10)13(16)17-4/h5-7H,1-4H3,(H2,14,15). The van der Waals surface area contributed by atoms with Crippen LogP contribution in [0.5, 0.6) is 0 Å². The first-order valence-corrected chi connectivity index (χ1v) is 6.44. The molecule has 1 amide bonds. The highest BCUT2D eigenvalue weighted by atomic mass is 32.2. The molecule has 0 aliphatic carbocycles. The van der Waals surface area contributed by atoms with Crippen molar-refractivity contribution in [1.82, 2.24) is 0 Å². The number of carbonyl (C=O) groups is 2. The second-order valence-electron chi connectivity index (χ2n) is 4.13. The van der Waals surface area contributed by atoms with Crippen molar-refractivity contribution in [2.24, 2.45) is 5.73 Å². The number of rotatable bonds is 4. The zero-order valence-electron chi connectivity index (χ0n) is 10.9. The normalized spacial score (nSPS) is 10.5. The molecule has 0 fully saturated rings. The second kappa shape index (κ2) is 5.91. The Morgan fingerprint density at radius 1 is 1.33 bits per heavy atom. The van der Waals surface area contributed by atoms with E-state index in [4.69, 9.17) is 10.5 Å². The Morgan fingerprint density at radius 2 is 1.94 bits per heavy atom. The summed E-state index contributed by atoms with van der Waals surface area (Å²) in [7, 11) is 1.32. The predicted molar refractivity (Wildman–Crippen MR) is 72.0 cm³/mol. The lowest BCUT2D eigenvalue weighted by molar-refractivity contribution is 0.0596. The molecule has 4 nitrogen and oxygen atoms in total. The Kier molecular flexibility index (Phi) is 4.78. The van der Waals surface area contributed by atoms with Crippen molar-refractivity contribution in [1.29, 1.82) is 0 Å². The molecule has 0 saturated heterocycles. The minimum atomic E-state index is -0.543. The highest BCUT2D eigenvalue weighted by molar-refractivity contribution is 8.00. The first-order valence-electron chi connectivity index (χ1n) is 5.56. The van der Waals surface area contributed by atoms with Crippen molar-refractivity contribution in [3.8, 4) is 0 Å². The number of amides is 1. The van der Waals surface area contributed by atoms with Crippen molar-refractivity contribution >= 4 is 23.6 Å². The average molecular weight is 267 g/mol. The highest BCUT2D eigenvalue weighted by Gasteiger charge is 2.20. The smallest absolute Gasteiger partial charge is 0.339 e. The van der Waals surface area contributed by atoms with Gasteiger partial charge in [0.25, 0.3) is 0 Å². The van der Waals surface area contributed by atoms with Gasteiger partial charge in [-0.25, -0.2) is 4.79 Å². The molecule has 2 N–H and O–H groups in total. The lowest BCUT2D eigenvalue weighted by Crippen LogP contribution is -2.16. The van der Waals surface area contributed by atoms with E-state index in [-0.39, 0.29) is 0 Å². The predicted octanol–water partition coefficient (Wildman–Crippen LogP) is 2.38. The molecule has 1 aromatic rings. The molecule has 1 rings (SSSR count). The summed E-state index contributed by atoms with van der Waals surface area (Å²) in [6.45, 7) is 5.77. The third-order valence-corrected chi connectivity index (χ3v) is 3.51. The van der Waals surface area contributed by atoms with Crippen LogP contribution < -0.4 is 5.73 Å². The van der Waals surface area contributed by atoms with Gasteiger partial charge in [-0.3, -0.25) is 4.79 Å². The molecule has 0 unspecified atom stereocenters. The average Bonchev–Trinajstić information content (AvgIpc) is 2.27. The van der Waals surface area contributed by atoms with E-state index in [9.17, 15) is 9.59 Å². The Bertz CT molecular complexity index is 483. The summed E-state index contributed by atoms with van der Waals surface area (Å²) in [6, 6.07) is 3.39. The fourth-order valence-electron chi connectivity index (χ4n) is 1.66. The molecule has 0 radical (unpaired) electrons. The number of hydrogen-bond acceptors (Lipinski definition) is 4. The van der Waals surface area contributed by atoms with E-state index in [1.807, 2.05) is 13.8 Å². The Morgan fingerprint density at radius 3 is 2.39 bits per heavy atom. The summed E-state index contributed by atoms with van der Waals surface area (Å²) in [4.78, 5) is 23.9. The second-order valence-corrected chi connectivity index (χ2v) is 5.75. The van der Waals surface area contributed by atoms with Crippen LogP contribution in [-0.4, -0.2) is 24.2 Å². The molecule has 18 heavy (non-hydrogen) atoms. The van der Waals surface area contributed by atoms with Gasteiger partial charge in [-0.1, -0.05) is 13.8 Å². The van der Waals surface area contributed by atoms with Crippen LogP contribution in [0.3, 0.4) is 0 Å². The summed E-state index contributed by atoms with van der Waals surface area (Å²) in [5.41, 5.74) is 6.62. The van der Waals surface area contributed by atoms with Crippen molar-refractivity contribution < 1.29 is 14.3 Å². The quantitative estimate of drug-likeness (QED) is 0.671. The van der Waals surface area contributed by atoms with Crippen LogP contribution in [0.4, 0.5) is 0 Å². The molecule has 0 heterocycles. The lowest BCUT2D eigenvalue weighted by atomic mass is 10.0. The SMILES string of the molecule is COC(=O)c1c(SC(C)C)ccc(C(N)=O)c1C. The lowest BCUT2D eigenvalue weighted by Gasteiger charge is -2.14. The molecular weight excluding hydrogens is 250 g/mol. The van der Waals surface area contributed by atoms with Gasteiger partial charge in [0.1, 0.15) is 0 Å². The number of hydrogen-bond donors (Lipinski definition) is 1. The highest BCUT2D eigenvalue weighted by Crippen LogP contribution is 2.30. The maximum Gasteiger partial charge on any atom is 0.339 e. The van der Waals surface area contributed by atoms with Crippen LogP contribution in [0.1, 0.15) is 40.1 Å². The van der Waals surface area contributed by atoms with Gasteiger partial charge in [0.15, 0.2) is 0 Å². The van der Waals surface area contributed by atoms with E-state index in [0.717, 1.165) is 4.90 Å². The van der Waals surface area contributed by atoms with Crippen molar-refractivity contribution in [2.75, 3.05) is 7.11 Å². The number of nitrogens with two attached hydrogens (primary N) is 1. The number of primary amides is 1. The van der Waals surface area contributed by atoms with E-state index in [1.165, 1.54) is 7.11 Å². The van der Waals surface area contributed by atoms with E-state index in [2.05, 4.69) is 0 Å². The van der Waals surface area contributed by atoms with Crippen LogP contribution in [0.15, 0.2) is 17.0 Å². The molecule has 0 atom stereocenters. The van der Waals surface area contributed by atoms with Gasteiger partial charge in [-0.2, -0.15) is 0 Å². The van der Waals surface area contributed by atoms with Crippen molar-refractivity contribution in [3.63, 3.8) is 0 Å². The number of carbonyl (C=O) groups excluding carboxylic acids is 2. The molecule has 0 saturated carbocycles. The van der Waals surface area contributed by atoms with Crippen LogP contribution in [0.25, 0.3) is 0 Å². The molecule has 0 aliphatic heterocycles. The number of ether oxygens (including phenoxy) is 1. The van der Waals surface area contributed by atoms with Gasteiger partial charge in [0.2, 0.25) is 5.91 Å². The molecule has 0 aromatic heterocycles. The van der Waals surface area contributed by atoms with Crippen LogP contribution in [0, 0.1) is 6.92 Å². The van der Waals surface area contributed by atoms with Crippen LogP contribution in [0.2, 0.25) is 0 Å². The van der Waals surface area contributed by atoms with Gasteiger partial charge in [-0.05, 0) is 24.6 Å². The molecule has 5 heteroatoms. The van der Waals surface area contributed by atoms with Crippen LogP contribution >= 0.6 is 11.8 Å². The Balaban J connectivity index is 3.41. The van der Waals surface area contributed by atoms with E-state index in [0.29, 0.717) is 21.9 Å². The van der Waals surface area contributed by atoms with Gasteiger partial charge in [0.05, 0.1) is 12.7 Å². The number of thioether (sulfide) groups is 1. The first-order chi connectivity index (χ1) is 8.38. The summed E-state index contributed by atoms with van der Waals surface area (Å²) in [5.74, 6) is -0.988. The third kappa shape index (κ3) is 3.04. The number of esters is 1. The Labute approximate surface area is 111 Å². The zero-order valence-corrected chi connectivity index (χ0v) is 11.8. The Hall–Kier alpha value is -1.49. The number of benzene rings is 1. The van der Waals surface area contributed by atoms with Crippen molar-refractivity contribution in [2.45, 2.75) is 30.9 Å². The maximum atomic E-state index is 11.8.